The summed E-state index contributed by atoms with van der Waals surface area (Å²) >= 11 is 0. The Hall–Kier alpha value is -1.89. The molecule has 2 rings (SSSR count). The molecule has 1 aliphatic heterocycles. The Labute approximate surface area is 110 Å². The highest BCUT2D eigenvalue weighted by atomic mass is 16.6. The molecular weight excluding hydrogens is 252 g/mol. The molecule has 0 saturated carbocycles. The molecule has 1 atom stereocenters. The zero-order valence-corrected chi connectivity index (χ0v) is 10.7. The van der Waals surface area contributed by atoms with E-state index in [4.69, 9.17) is 9.15 Å². The van der Waals surface area contributed by atoms with Gasteiger partial charge in [-0.05, 0) is 24.8 Å². The number of ether oxygens (including phenoxy) is 1. The van der Waals surface area contributed by atoms with Gasteiger partial charge in [0.1, 0.15) is 4.92 Å². The van der Waals surface area contributed by atoms with Crippen molar-refractivity contribution in [3.8, 4) is 0 Å². The molecule has 0 aliphatic carbocycles. The molecule has 19 heavy (non-hydrogen) atoms. The number of hydrogen-bond donors (Lipinski definition) is 0. The van der Waals surface area contributed by atoms with E-state index in [2.05, 4.69) is 0 Å². The molecule has 1 aromatic rings. The molecule has 104 valence electrons. The highest BCUT2D eigenvalue weighted by molar-refractivity contribution is 5.91. The van der Waals surface area contributed by atoms with E-state index in [0.29, 0.717) is 25.6 Å². The molecule has 0 N–H and O–H groups in total. The lowest BCUT2D eigenvalue weighted by atomic mass is 9.99. The number of carbonyl (C=O) groups excluding carboxylic acids is 1. The molecule has 2 heterocycles. The second kappa shape index (κ2) is 5.83. The van der Waals surface area contributed by atoms with Crippen LogP contribution >= 0.6 is 0 Å². The zero-order chi connectivity index (χ0) is 13.8. The first-order valence-electron chi connectivity index (χ1n) is 6.14. The Balaban J connectivity index is 2.03. The minimum absolute atomic E-state index is 0.0183. The van der Waals surface area contributed by atoms with Gasteiger partial charge in [0, 0.05) is 20.2 Å². The third kappa shape index (κ3) is 3.11. The van der Waals surface area contributed by atoms with Crippen molar-refractivity contribution in [2.45, 2.75) is 12.8 Å². The van der Waals surface area contributed by atoms with Crippen LogP contribution in [0.5, 0.6) is 0 Å². The van der Waals surface area contributed by atoms with Gasteiger partial charge in [-0.1, -0.05) is 0 Å². The molecule has 7 nitrogen and oxygen atoms in total. The van der Waals surface area contributed by atoms with Gasteiger partial charge < -0.3 is 14.1 Å². The van der Waals surface area contributed by atoms with E-state index in [1.54, 1.807) is 12.0 Å². The van der Waals surface area contributed by atoms with Gasteiger partial charge in [0.2, 0.25) is 0 Å². The summed E-state index contributed by atoms with van der Waals surface area (Å²) in [5, 5.41) is 10.5. The van der Waals surface area contributed by atoms with E-state index < -0.39 is 10.8 Å². The summed E-state index contributed by atoms with van der Waals surface area (Å²) in [5.41, 5.74) is 0. The molecule has 1 aromatic heterocycles. The standard InChI is InChI=1S/C12H16N2O5/c1-18-8-9-3-2-6-13(7-9)12(15)10-4-5-11(19-10)14(16)17/h4-5,9H,2-3,6-8H2,1H3. The minimum Gasteiger partial charge on any atom is -0.395 e. The third-order valence-corrected chi connectivity index (χ3v) is 3.19. The first-order valence-corrected chi connectivity index (χ1v) is 6.14. The second-order valence-electron chi connectivity index (χ2n) is 4.61. The monoisotopic (exact) mass is 268 g/mol. The van der Waals surface area contributed by atoms with Crippen LogP contribution in [0.25, 0.3) is 0 Å². The number of hydrogen-bond acceptors (Lipinski definition) is 5. The molecule has 0 bridgehead atoms. The maximum atomic E-state index is 12.2. The smallest absolute Gasteiger partial charge is 0.395 e. The van der Waals surface area contributed by atoms with Crippen LogP contribution in [-0.2, 0) is 4.74 Å². The van der Waals surface area contributed by atoms with Gasteiger partial charge in [-0.25, -0.2) is 0 Å². The Bertz CT molecular complexity index is 468. The number of likely N-dealkylation sites (tertiary alicyclic amines) is 1. The highest BCUT2D eigenvalue weighted by Crippen LogP contribution is 2.21. The fourth-order valence-electron chi connectivity index (χ4n) is 2.32. The van der Waals surface area contributed by atoms with Crippen molar-refractivity contribution in [2.24, 2.45) is 5.92 Å². The Morgan fingerprint density at radius 1 is 1.63 bits per heavy atom. The first-order chi connectivity index (χ1) is 9.11. The molecule has 0 radical (unpaired) electrons. The maximum absolute atomic E-state index is 12.2. The molecular formula is C12H16N2O5. The second-order valence-corrected chi connectivity index (χ2v) is 4.61. The Morgan fingerprint density at radius 2 is 2.42 bits per heavy atom. The van der Waals surface area contributed by atoms with Crippen LogP contribution in [0.4, 0.5) is 5.88 Å². The van der Waals surface area contributed by atoms with Crippen molar-refractivity contribution >= 4 is 11.8 Å². The van der Waals surface area contributed by atoms with Crippen LogP contribution < -0.4 is 0 Å². The van der Waals surface area contributed by atoms with Crippen LogP contribution in [0, 0.1) is 16.0 Å². The number of piperidine rings is 1. The van der Waals surface area contributed by atoms with E-state index in [1.165, 1.54) is 12.1 Å². The lowest BCUT2D eigenvalue weighted by molar-refractivity contribution is -0.402. The van der Waals surface area contributed by atoms with Crippen molar-refractivity contribution in [3.05, 3.63) is 28.0 Å². The molecule has 1 aliphatic rings. The van der Waals surface area contributed by atoms with Gasteiger partial charge in [0.15, 0.2) is 5.76 Å². The van der Waals surface area contributed by atoms with E-state index in [9.17, 15) is 14.9 Å². The third-order valence-electron chi connectivity index (χ3n) is 3.19. The summed E-state index contributed by atoms with van der Waals surface area (Å²) in [7, 11) is 1.64. The maximum Gasteiger partial charge on any atom is 0.433 e. The number of nitrogens with zero attached hydrogens (tertiary/aromatic N) is 2. The quantitative estimate of drug-likeness (QED) is 0.612. The van der Waals surface area contributed by atoms with Crippen molar-refractivity contribution in [3.63, 3.8) is 0 Å². The zero-order valence-electron chi connectivity index (χ0n) is 10.7. The summed E-state index contributed by atoms with van der Waals surface area (Å²) in [4.78, 5) is 23.7. The van der Waals surface area contributed by atoms with Crippen molar-refractivity contribution in [2.75, 3.05) is 26.8 Å². The number of rotatable bonds is 4. The summed E-state index contributed by atoms with van der Waals surface area (Å²) in [6, 6.07) is 2.55. The van der Waals surface area contributed by atoms with E-state index in [1.807, 2.05) is 0 Å². The summed E-state index contributed by atoms with van der Waals surface area (Å²) in [6.45, 7) is 1.86. The van der Waals surface area contributed by atoms with Crippen LogP contribution in [0.15, 0.2) is 16.5 Å². The average molecular weight is 268 g/mol. The van der Waals surface area contributed by atoms with Crippen LogP contribution in [-0.4, -0.2) is 42.5 Å². The molecule has 1 fully saturated rings. The number of carbonyl (C=O) groups is 1. The van der Waals surface area contributed by atoms with Gasteiger partial charge in [-0.3, -0.25) is 14.9 Å². The SMILES string of the molecule is COCC1CCCN(C(=O)c2ccc([N+](=O)[O-])o2)C1. The minimum atomic E-state index is -0.652. The topological polar surface area (TPSA) is 85.8 Å². The Kier molecular flexibility index (Phi) is 4.16. The average Bonchev–Trinajstić information content (AvgIpc) is 2.88. The van der Waals surface area contributed by atoms with Crippen LogP contribution in [0.1, 0.15) is 23.4 Å². The number of methoxy groups -OCH3 is 1. The molecule has 1 unspecified atom stereocenters. The van der Waals surface area contributed by atoms with E-state index >= 15 is 0 Å². The van der Waals surface area contributed by atoms with Gasteiger partial charge >= 0.3 is 5.88 Å². The molecule has 0 spiro atoms. The lowest BCUT2D eigenvalue weighted by Gasteiger charge is -2.31. The van der Waals surface area contributed by atoms with Crippen molar-refractivity contribution < 1.29 is 18.9 Å². The summed E-state index contributed by atoms with van der Waals surface area (Å²) in [5.74, 6) is -0.375. The van der Waals surface area contributed by atoms with Gasteiger partial charge in [0.25, 0.3) is 5.91 Å². The van der Waals surface area contributed by atoms with E-state index in [-0.39, 0.29) is 11.7 Å². The number of amides is 1. The van der Waals surface area contributed by atoms with Crippen LogP contribution in [0.3, 0.4) is 0 Å². The predicted octanol–water partition coefficient (Wildman–Crippen LogP) is 1.69. The summed E-state index contributed by atoms with van der Waals surface area (Å²) < 4.78 is 10.0. The fourth-order valence-corrected chi connectivity index (χ4v) is 2.32. The van der Waals surface area contributed by atoms with E-state index in [0.717, 1.165) is 12.8 Å². The van der Waals surface area contributed by atoms with Gasteiger partial charge in [-0.2, -0.15) is 0 Å². The van der Waals surface area contributed by atoms with Gasteiger partial charge in [-0.15, -0.1) is 0 Å². The van der Waals surface area contributed by atoms with Crippen LogP contribution in [0.2, 0.25) is 0 Å². The first kappa shape index (κ1) is 13.5. The summed E-state index contributed by atoms with van der Waals surface area (Å²) in [6.07, 6.45) is 1.93. The molecule has 7 heteroatoms. The normalized spacial score (nSPS) is 19.4. The predicted molar refractivity (Wildman–Crippen MR) is 65.9 cm³/mol. The van der Waals surface area contributed by atoms with Crippen molar-refractivity contribution in [1.29, 1.82) is 0 Å². The highest BCUT2D eigenvalue weighted by Gasteiger charge is 2.27. The molecule has 1 saturated heterocycles. The largest absolute Gasteiger partial charge is 0.433 e. The number of furan rings is 1. The van der Waals surface area contributed by atoms with Crippen molar-refractivity contribution in [1.82, 2.24) is 4.90 Å². The lowest BCUT2D eigenvalue weighted by Crippen LogP contribution is -2.41. The molecule has 1 amide bonds. The van der Waals surface area contributed by atoms with Gasteiger partial charge in [0.05, 0.1) is 12.7 Å². The number of nitro groups is 1. The fraction of sp³-hybridized carbons (Fsp3) is 0.583. The Morgan fingerprint density at radius 3 is 3.05 bits per heavy atom. The molecule has 0 aromatic carbocycles.